The van der Waals surface area contributed by atoms with Crippen LogP contribution in [-0.4, -0.2) is 101 Å². The normalized spacial score (nSPS) is 21.8. The number of halogens is 1. The number of β-amino-alcohol motifs (C(OH)–C–C–N with tert-alkyl or cyclic N) is 1. The molecule has 10 nitrogen and oxygen atoms in total. The number of anilines is 2. The summed E-state index contributed by atoms with van der Waals surface area (Å²) in [6.45, 7) is 4.57. The molecule has 2 saturated heterocycles. The third-order valence-corrected chi connectivity index (χ3v) is 8.05. The summed E-state index contributed by atoms with van der Waals surface area (Å²) in [5.41, 5.74) is 2.05. The number of hydrogen-bond acceptors (Lipinski definition) is 8. The summed E-state index contributed by atoms with van der Waals surface area (Å²) >= 11 is 6.34. The van der Waals surface area contributed by atoms with Crippen molar-refractivity contribution in [2.75, 3.05) is 69.8 Å². The van der Waals surface area contributed by atoms with E-state index in [1.807, 2.05) is 21.5 Å². The first-order valence-electron chi connectivity index (χ1n) is 13.3. The third-order valence-electron chi connectivity index (χ3n) is 7.82. The second-order valence-corrected chi connectivity index (χ2v) is 11.0. The number of ether oxygens (including phenoxy) is 1. The monoisotopic (exact) mass is 539 g/mol. The van der Waals surface area contributed by atoms with Gasteiger partial charge in [-0.25, -0.2) is 4.98 Å². The van der Waals surface area contributed by atoms with Gasteiger partial charge in [0.05, 0.1) is 23.4 Å². The number of aliphatic hydroxyl groups excluding tert-OH is 1. The van der Waals surface area contributed by atoms with E-state index in [-0.39, 0.29) is 18.1 Å². The van der Waals surface area contributed by atoms with Crippen LogP contribution >= 0.6 is 11.6 Å². The molecular formula is C27H34ClN7O3. The van der Waals surface area contributed by atoms with Crippen LogP contribution in [0.5, 0.6) is 5.75 Å². The Labute approximate surface area is 227 Å². The highest BCUT2D eigenvalue weighted by Crippen LogP contribution is 2.35. The van der Waals surface area contributed by atoms with Crippen LogP contribution in [0.3, 0.4) is 0 Å². The number of aliphatic hydroxyl groups is 1. The number of fused-ring (bicyclic) bond motifs is 4. The Balaban J connectivity index is 1.45. The van der Waals surface area contributed by atoms with Gasteiger partial charge in [-0.2, -0.15) is 9.61 Å². The summed E-state index contributed by atoms with van der Waals surface area (Å²) in [5, 5.41) is 15.4. The molecule has 3 aliphatic heterocycles. The van der Waals surface area contributed by atoms with Crippen molar-refractivity contribution in [3.05, 3.63) is 46.6 Å². The van der Waals surface area contributed by atoms with Gasteiger partial charge < -0.3 is 29.4 Å². The molecule has 0 spiro atoms. The van der Waals surface area contributed by atoms with Crippen LogP contribution in [0.2, 0.25) is 5.02 Å². The standard InChI is InChI=1S/C27H34ClN7O3/c1-31-9-10-32(2)26-15-24(33-16-19(36)17-33)29-25-14-21(30-35(25)26)22-5-3-4-8-34(22)27(37)20-13-18(28)6-7-23(20)38-12-11-31/h6-7,13-15,19,22,36H,3-5,8-12,16-17H2,1-2H3/t22-/m0/s1. The maximum atomic E-state index is 14.0. The van der Waals surface area contributed by atoms with E-state index >= 15 is 0 Å². The average molecular weight is 540 g/mol. The molecule has 0 saturated carbocycles. The van der Waals surface area contributed by atoms with Crippen LogP contribution in [-0.2, 0) is 0 Å². The van der Waals surface area contributed by atoms with Crippen LogP contribution in [0, 0.1) is 0 Å². The SMILES string of the molecule is CN1CCOc2ccc(Cl)cc2C(=O)N2CCCC[C@H]2c2cc3nc(N4CC(O)C4)cc(n3n2)N(C)CC1. The van der Waals surface area contributed by atoms with Crippen molar-refractivity contribution in [1.29, 1.82) is 0 Å². The molecule has 6 rings (SSSR count). The fourth-order valence-corrected chi connectivity index (χ4v) is 5.67. The molecule has 0 aliphatic carbocycles. The van der Waals surface area contributed by atoms with E-state index in [9.17, 15) is 9.90 Å². The molecule has 1 amide bonds. The molecule has 1 aromatic carbocycles. The summed E-state index contributed by atoms with van der Waals surface area (Å²) in [7, 11) is 4.13. The zero-order valence-electron chi connectivity index (χ0n) is 21.9. The lowest BCUT2D eigenvalue weighted by Crippen LogP contribution is -2.51. The fraction of sp³-hybridized carbons (Fsp3) is 0.519. The topological polar surface area (TPSA) is 89.7 Å². The fourth-order valence-electron chi connectivity index (χ4n) is 5.49. The van der Waals surface area contributed by atoms with Gasteiger partial charge in [0.25, 0.3) is 5.91 Å². The van der Waals surface area contributed by atoms with E-state index in [2.05, 4.69) is 28.8 Å². The van der Waals surface area contributed by atoms with Crippen LogP contribution in [0.15, 0.2) is 30.3 Å². The van der Waals surface area contributed by atoms with Gasteiger partial charge in [0.1, 0.15) is 24.0 Å². The zero-order valence-corrected chi connectivity index (χ0v) is 22.6. The van der Waals surface area contributed by atoms with Gasteiger partial charge in [-0.05, 0) is 44.5 Å². The summed E-state index contributed by atoms with van der Waals surface area (Å²) in [6.07, 6.45) is 2.46. The number of carbonyl (C=O) groups excluding carboxylic acids is 1. The minimum Gasteiger partial charge on any atom is -0.491 e. The molecule has 2 bridgehead atoms. The first-order valence-corrected chi connectivity index (χ1v) is 13.7. The Morgan fingerprint density at radius 2 is 1.89 bits per heavy atom. The maximum Gasteiger partial charge on any atom is 0.258 e. The highest BCUT2D eigenvalue weighted by Gasteiger charge is 2.33. The second kappa shape index (κ2) is 10.2. The van der Waals surface area contributed by atoms with E-state index in [1.165, 1.54) is 0 Å². The van der Waals surface area contributed by atoms with Gasteiger partial charge in [0.15, 0.2) is 5.65 Å². The number of piperidine rings is 1. The lowest BCUT2D eigenvalue weighted by atomic mass is 9.98. The summed E-state index contributed by atoms with van der Waals surface area (Å²) in [5.74, 6) is 2.23. The predicted octanol–water partition coefficient (Wildman–Crippen LogP) is 2.69. The Bertz CT molecular complexity index is 1340. The number of nitrogens with zero attached hydrogens (tertiary/aromatic N) is 7. The van der Waals surface area contributed by atoms with Gasteiger partial charge in [-0.1, -0.05) is 11.6 Å². The van der Waals surface area contributed by atoms with Gasteiger partial charge in [0.2, 0.25) is 0 Å². The quantitative estimate of drug-likeness (QED) is 0.505. The van der Waals surface area contributed by atoms with Gasteiger partial charge >= 0.3 is 0 Å². The first-order chi connectivity index (χ1) is 18.4. The molecule has 0 unspecified atom stereocenters. The number of rotatable bonds is 1. The Hall–Kier alpha value is -3.08. The molecule has 202 valence electrons. The second-order valence-electron chi connectivity index (χ2n) is 10.6. The lowest BCUT2D eigenvalue weighted by Gasteiger charge is -2.37. The summed E-state index contributed by atoms with van der Waals surface area (Å²) in [4.78, 5) is 27.3. The Morgan fingerprint density at radius 3 is 2.71 bits per heavy atom. The van der Waals surface area contributed by atoms with E-state index in [4.69, 9.17) is 26.4 Å². The number of hydrogen-bond donors (Lipinski definition) is 1. The first kappa shape index (κ1) is 25.2. The molecule has 1 N–H and O–H groups in total. The molecule has 38 heavy (non-hydrogen) atoms. The number of aromatic nitrogens is 3. The number of carbonyl (C=O) groups is 1. The van der Waals surface area contributed by atoms with Crippen molar-refractivity contribution in [3.8, 4) is 5.75 Å². The third kappa shape index (κ3) is 4.76. The average Bonchev–Trinajstić information content (AvgIpc) is 3.33. The van der Waals surface area contributed by atoms with Crippen LogP contribution in [0.1, 0.15) is 41.4 Å². The van der Waals surface area contributed by atoms with Crippen LogP contribution in [0.25, 0.3) is 5.65 Å². The highest BCUT2D eigenvalue weighted by molar-refractivity contribution is 6.31. The van der Waals surface area contributed by atoms with E-state index in [1.54, 1.807) is 18.2 Å². The van der Waals surface area contributed by atoms with Gasteiger partial charge in [-0.3, -0.25) is 4.79 Å². The Morgan fingerprint density at radius 1 is 1.05 bits per heavy atom. The molecule has 3 aliphatic rings. The summed E-state index contributed by atoms with van der Waals surface area (Å²) < 4.78 is 8.02. The smallest absolute Gasteiger partial charge is 0.258 e. The van der Waals surface area contributed by atoms with E-state index < -0.39 is 0 Å². The number of benzene rings is 1. The molecule has 5 heterocycles. The molecule has 2 fully saturated rings. The van der Waals surface area contributed by atoms with Crippen molar-refractivity contribution in [3.63, 3.8) is 0 Å². The molecule has 1 atom stereocenters. The van der Waals surface area contributed by atoms with Crippen molar-refractivity contribution in [2.45, 2.75) is 31.4 Å². The number of amides is 1. The molecule has 2 aromatic heterocycles. The lowest BCUT2D eigenvalue weighted by molar-refractivity contribution is 0.0601. The minimum atomic E-state index is -0.321. The molecular weight excluding hydrogens is 506 g/mol. The highest BCUT2D eigenvalue weighted by atomic mass is 35.5. The number of likely N-dealkylation sites (N-methyl/N-ethyl adjacent to an activating group) is 2. The van der Waals surface area contributed by atoms with Crippen LogP contribution in [0.4, 0.5) is 11.6 Å². The van der Waals surface area contributed by atoms with Gasteiger partial charge in [0, 0.05) is 63.5 Å². The Kier molecular flexibility index (Phi) is 6.79. The summed E-state index contributed by atoms with van der Waals surface area (Å²) in [6, 6.07) is 9.15. The van der Waals surface area contributed by atoms with E-state index in [0.29, 0.717) is 49.1 Å². The minimum absolute atomic E-state index is 0.0924. The molecule has 0 radical (unpaired) electrons. The van der Waals surface area contributed by atoms with Crippen molar-refractivity contribution < 1.29 is 14.6 Å². The zero-order chi connectivity index (χ0) is 26.4. The van der Waals surface area contributed by atoms with Crippen molar-refractivity contribution >= 4 is 34.8 Å². The maximum absolute atomic E-state index is 14.0. The van der Waals surface area contributed by atoms with Crippen LogP contribution < -0.4 is 14.5 Å². The van der Waals surface area contributed by atoms with E-state index in [0.717, 1.165) is 55.3 Å². The predicted molar refractivity (Wildman–Crippen MR) is 147 cm³/mol. The van der Waals surface area contributed by atoms with Crippen molar-refractivity contribution in [2.24, 2.45) is 0 Å². The largest absolute Gasteiger partial charge is 0.491 e. The molecule has 11 heteroatoms. The van der Waals surface area contributed by atoms with Crippen molar-refractivity contribution in [1.82, 2.24) is 24.4 Å². The van der Waals surface area contributed by atoms with Gasteiger partial charge in [-0.15, -0.1) is 0 Å². The molecule has 3 aromatic rings.